The number of rotatable bonds is 5. The number of thiocarbonyl (C=S) groups is 1. The van der Waals surface area contributed by atoms with Crippen molar-refractivity contribution in [3.05, 3.63) is 0 Å². The van der Waals surface area contributed by atoms with Crippen LogP contribution in [-0.4, -0.2) is 42.0 Å². The monoisotopic (exact) mass is 245 g/mol. The largest absolute Gasteiger partial charge is 0.392 e. The summed E-state index contributed by atoms with van der Waals surface area (Å²) in [7, 11) is 3.95. The second kappa shape index (κ2) is 5.10. The van der Waals surface area contributed by atoms with E-state index < -0.39 is 5.41 Å². The molecule has 5 heteroatoms. The number of likely N-dealkylation sites (N-methyl/N-ethyl adjacent to an activating group) is 1. The summed E-state index contributed by atoms with van der Waals surface area (Å²) in [6, 6.07) is 0. The molecule has 0 aliphatic heterocycles. The third-order valence-electron chi connectivity index (χ3n) is 3.08. The second-order valence-electron chi connectivity index (χ2n) is 5.38. The van der Waals surface area contributed by atoms with Gasteiger partial charge in [0, 0.05) is 12.1 Å². The standard InChI is InChI=1S/C11H23N3OS/c1-10(2,14(5)6)7-13-9(15)11(3,4)8(12)16/h7H2,1-6H3,(H2,12,16)(H,13,15). The molecule has 16 heavy (non-hydrogen) atoms. The van der Waals surface area contributed by atoms with Crippen LogP contribution in [0.4, 0.5) is 0 Å². The number of hydrogen-bond acceptors (Lipinski definition) is 3. The number of nitrogens with zero attached hydrogens (tertiary/aromatic N) is 1. The van der Waals surface area contributed by atoms with Crippen LogP contribution in [0.2, 0.25) is 0 Å². The van der Waals surface area contributed by atoms with Crippen LogP contribution in [0.1, 0.15) is 27.7 Å². The van der Waals surface area contributed by atoms with Crippen LogP contribution in [0.25, 0.3) is 0 Å². The van der Waals surface area contributed by atoms with E-state index in [0.29, 0.717) is 6.54 Å². The van der Waals surface area contributed by atoms with Crippen molar-refractivity contribution in [2.75, 3.05) is 20.6 Å². The van der Waals surface area contributed by atoms with Gasteiger partial charge >= 0.3 is 0 Å². The maximum absolute atomic E-state index is 11.9. The number of hydrogen-bond donors (Lipinski definition) is 2. The van der Waals surface area contributed by atoms with Crippen molar-refractivity contribution in [1.82, 2.24) is 10.2 Å². The van der Waals surface area contributed by atoms with E-state index in [9.17, 15) is 4.79 Å². The van der Waals surface area contributed by atoms with E-state index >= 15 is 0 Å². The van der Waals surface area contributed by atoms with Gasteiger partial charge in [0.15, 0.2) is 0 Å². The molecule has 0 aliphatic carbocycles. The molecular weight excluding hydrogens is 222 g/mol. The maximum atomic E-state index is 11.9. The maximum Gasteiger partial charge on any atom is 0.232 e. The molecular formula is C11H23N3OS. The first-order valence-electron chi connectivity index (χ1n) is 5.27. The SMILES string of the molecule is CN(C)C(C)(C)CNC(=O)C(C)(C)C(N)=S. The lowest BCUT2D eigenvalue weighted by Crippen LogP contribution is -2.52. The zero-order valence-corrected chi connectivity index (χ0v) is 11.9. The highest BCUT2D eigenvalue weighted by Crippen LogP contribution is 2.16. The highest BCUT2D eigenvalue weighted by molar-refractivity contribution is 7.80. The minimum absolute atomic E-state index is 0.0953. The Balaban J connectivity index is 4.45. The van der Waals surface area contributed by atoms with E-state index in [1.807, 2.05) is 14.1 Å². The summed E-state index contributed by atoms with van der Waals surface area (Å²) in [5.74, 6) is -0.130. The first-order valence-corrected chi connectivity index (χ1v) is 5.68. The number of amides is 1. The average molecular weight is 245 g/mol. The molecule has 0 fully saturated rings. The van der Waals surface area contributed by atoms with E-state index in [4.69, 9.17) is 18.0 Å². The normalized spacial score (nSPS) is 12.7. The zero-order valence-electron chi connectivity index (χ0n) is 11.0. The number of nitrogens with one attached hydrogen (secondary N) is 1. The highest BCUT2D eigenvalue weighted by Gasteiger charge is 2.32. The van der Waals surface area contributed by atoms with Crippen molar-refractivity contribution in [3.8, 4) is 0 Å². The first-order chi connectivity index (χ1) is 7.01. The molecule has 0 spiro atoms. The lowest BCUT2D eigenvalue weighted by molar-refractivity contribution is -0.126. The van der Waals surface area contributed by atoms with Crippen molar-refractivity contribution >= 4 is 23.1 Å². The fraction of sp³-hybridized carbons (Fsp3) is 0.818. The summed E-state index contributed by atoms with van der Waals surface area (Å²) >= 11 is 4.87. The van der Waals surface area contributed by atoms with Gasteiger partial charge in [0.05, 0.1) is 10.4 Å². The molecule has 0 bridgehead atoms. The smallest absolute Gasteiger partial charge is 0.232 e. The van der Waals surface area contributed by atoms with Crippen LogP contribution in [0.5, 0.6) is 0 Å². The van der Waals surface area contributed by atoms with Crippen LogP contribution in [0, 0.1) is 5.41 Å². The van der Waals surface area contributed by atoms with E-state index in [2.05, 4.69) is 24.1 Å². The van der Waals surface area contributed by atoms with E-state index in [1.165, 1.54) is 0 Å². The highest BCUT2D eigenvalue weighted by atomic mass is 32.1. The summed E-state index contributed by atoms with van der Waals surface area (Å²) in [5.41, 5.74) is 4.64. The third kappa shape index (κ3) is 3.72. The topological polar surface area (TPSA) is 58.4 Å². The molecule has 0 aromatic rings. The van der Waals surface area contributed by atoms with Crippen LogP contribution >= 0.6 is 12.2 Å². The number of carbonyl (C=O) groups excluding carboxylic acids is 1. The average Bonchev–Trinajstić information content (AvgIpc) is 2.13. The molecule has 0 aromatic heterocycles. The Morgan fingerprint density at radius 1 is 1.31 bits per heavy atom. The quantitative estimate of drug-likeness (QED) is 0.702. The molecule has 3 N–H and O–H groups in total. The zero-order chi connectivity index (χ0) is 13.1. The van der Waals surface area contributed by atoms with Gasteiger partial charge in [0.25, 0.3) is 0 Å². The Hall–Kier alpha value is -0.680. The van der Waals surface area contributed by atoms with Gasteiger partial charge in [-0.25, -0.2) is 0 Å². The van der Waals surface area contributed by atoms with Gasteiger partial charge in [-0.05, 0) is 41.8 Å². The molecule has 4 nitrogen and oxygen atoms in total. The van der Waals surface area contributed by atoms with Gasteiger partial charge in [0.1, 0.15) is 0 Å². The van der Waals surface area contributed by atoms with Crippen LogP contribution in [0.15, 0.2) is 0 Å². The van der Waals surface area contributed by atoms with Crippen molar-refractivity contribution in [2.45, 2.75) is 33.2 Å². The van der Waals surface area contributed by atoms with Gasteiger partial charge in [0.2, 0.25) is 5.91 Å². The lowest BCUT2D eigenvalue weighted by atomic mass is 9.92. The Morgan fingerprint density at radius 2 is 1.75 bits per heavy atom. The minimum atomic E-state index is -0.794. The molecule has 0 unspecified atom stereocenters. The molecule has 0 radical (unpaired) electrons. The Morgan fingerprint density at radius 3 is 2.06 bits per heavy atom. The Labute approximate surface area is 104 Å². The Bertz CT molecular complexity index is 285. The first kappa shape index (κ1) is 15.3. The second-order valence-corrected chi connectivity index (χ2v) is 5.82. The van der Waals surface area contributed by atoms with E-state index in [-0.39, 0.29) is 16.4 Å². The summed E-state index contributed by atoms with van der Waals surface area (Å²) in [4.78, 5) is 14.2. The predicted molar refractivity (Wildman–Crippen MR) is 71.3 cm³/mol. The molecule has 0 atom stereocenters. The molecule has 0 aliphatic rings. The summed E-state index contributed by atoms with van der Waals surface area (Å²) < 4.78 is 0. The molecule has 0 saturated carbocycles. The van der Waals surface area contributed by atoms with Crippen molar-refractivity contribution in [2.24, 2.45) is 11.1 Å². The Kier molecular flexibility index (Phi) is 4.88. The van der Waals surface area contributed by atoms with Gasteiger partial charge in [-0.15, -0.1) is 0 Å². The van der Waals surface area contributed by atoms with Gasteiger partial charge < -0.3 is 16.0 Å². The molecule has 0 heterocycles. The van der Waals surface area contributed by atoms with Crippen LogP contribution in [-0.2, 0) is 4.79 Å². The van der Waals surface area contributed by atoms with Crippen molar-refractivity contribution < 1.29 is 4.79 Å². The fourth-order valence-electron chi connectivity index (χ4n) is 0.788. The minimum Gasteiger partial charge on any atom is -0.392 e. The number of carbonyl (C=O) groups is 1. The van der Waals surface area contributed by atoms with Gasteiger partial charge in [-0.2, -0.15) is 0 Å². The van der Waals surface area contributed by atoms with Gasteiger partial charge in [-0.3, -0.25) is 4.79 Å². The fourth-order valence-corrected chi connectivity index (χ4v) is 0.880. The molecule has 0 rings (SSSR count). The third-order valence-corrected chi connectivity index (χ3v) is 3.59. The van der Waals surface area contributed by atoms with E-state index in [1.54, 1.807) is 13.8 Å². The summed E-state index contributed by atoms with van der Waals surface area (Å²) in [6.45, 7) is 8.13. The number of nitrogens with two attached hydrogens (primary N) is 1. The summed E-state index contributed by atoms with van der Waals surface area (Å²) in [6.07, 6.45) is 0. The van der Waals surface area contributed by atoms with Gasteiger partial charge in [-0.1, -0.05) is 12.2 Å². The predicted octanol–water partition coefficient (Wildman–Crippen LogP) is 0.755. The molecule has 0 aromatic carbocycles. The van der Waals surface area contributed by atoms with Crippen LogP contribution < -0.4 is 11.1 Å². The lowest BCUT2D eigenvalue weighted by Gasteiger charge is -2.34. The molecule has 1 amide bonds. The molecule has 94 valence electrons. The van der Waals surface area contributed by atoms with Crippen LogP contribution in [0.3, 0.4) is 0 Å². The van der Waals surface area contributed by atoms with Crippen molar-refractivity contribution in [3.63, 3.8) is 0 Å². The van der Waals surface area contributed by atoms with Crippen molar-refractivity contribution in [1.29, 1.82) is 0 Å². The summed E-state index contributed by atoms with van der Waals surface area (Å²) in [5, 5.41) is 2.88. The molecule has 0 saturated heterocycles. The van der Waals surface area contributed by atoms with E-state index in [0.717, 1.165) is 0 Å².